The molecule has 2 saturated heterocycles. The number of fused-ring (bicyclic) bond motifs is 1. The predicted octanol–water partition coefficient (Wildman–Crippen LogP) is 0.435. The van der Waals surface area contributed by atoms with Crippen LogP contribution in [-0.2, 0) is 53.6 Å². The van der Waals surface area contributed by atoms with Gasteiger partial charge in [0.05, 0.1) is 11.5 Å². The molecule has 2 aromatic carbocycles. The number of hydrogen-bond acceptors (Lipinski definition) is 16. The first-order chi connectivity index (χ1) is 21.6. The van der Waals surface area contributed by atoms with Crippen LogP contribution in [0.1, 0.15) is 17.4 Å². The molecule has 3 heterocycles. The highest BCUT2D eigenvalue weighted by atomic mass is 31.3. The third-order valence-corrected chi connectivity index (χ3v) is 11.2. The van der Waals surface area contributed by atoms with Crippen LogP contribution in [0.5, 0.6) is 0 Å². The van der Waals surface area contributed by atoms with Gasteiger partial charge in [0.2, 0.25) is 0 Å². The number of non-ortho nitro benzene ring substituents is 1. The first-order valence-corrected chi connectivity index (χ1v) is 17.8. The number of rotatable bonds is 13. The summed E-state index contributed by atoms with van der Waals surface area (Å²) >= 11 is 0. The first kappa shape index (κ1) is 34.2. The Morgan fingerprint density at radius 3 is 2.17 bits per heavy atom. The monoisotopic (exact) mass is 702 g/mol. The van der Waals surface area contributed by atoms with Crippen LogP contribution in [0.15, 0.2) is 76.4 Å². The fourth-order valence-electron chi connectivity index (χ4n) is 4.74. The van der Waals surface area contributed by atoms with E-state index in [1.807, 2.05) is 12.1 Å². The van der Waals surface area contributed by atoms with Gasteiger partial charge in [-0.15, -0.1) is 0 Å². The van der Waals surface area contributed by atoms with Gasteiger partial charge >= 0.3 is 5.69 Å². The molecule has 0 aliphatic carbocycles. The molecule has 5 rings (SSSR count). The van der Waals surface area contributed by atoms with Crippen LogP contribution in [0, 0.1) is 10.1 Å². The summed E-state index contributed by atoms with van der Waals surface area (Å²) in [5.41, 5.74) is -1.19. The van der Waals surface area contributed by atoms with E-state index in [4.69, 9.17) is 14.2 Å². The fraction of sp³-hybridized carbons (Fsp3) is 0.333. The number of H-pyrrole nitrogens is 1. The Kier molecular flexibility index (Phi) is 10.1. The van der Waals surface area contributed by atoms with Gasteiger partial charge in [-0.1, -0.05) is 42.5 Å². The van der Waals surface area contributed by atoms with E-state index in [0.717, 1.165) is 46.7 Å². The Labute approximate surface area is 258 Å². The number of hydrogen-bond donors (Lipinski definition) is 1. The predicted molar refractivity (Wildman–Crippen MR) is 147 cm³/mol. The largest absolute Gasteiger partial charge is 0.778 e. The van der Waals surface area contributed by atoms with E-state index in [2.05, 4.69) is 18.1 Å². The molecule has 0 bridgehead atoms. The van der Waals surface area contributed by atoms with E-state index in [0.29, 0.717) is 0 Å². The van der Waals surface area contributed by atoms with E-state index in [-0.39, 0.29) is 17.7 Å². The van der Waals surface area contributed by atoms with Crippen LogP contribution in [0.4, 0.5) is 5.69 Å². The second-order valence-corrected chi connectivity index (χ2v) is 14.8. The van der Waals surface area contributed by atoms with Crippen molar-refractivity contribution in [2.75, 3.05) is 6.61 Å². The molecular weight excluding hydrogens is 679 g/mol. The van der Waals surface area contributed by atoms with Crippen molar-refractivity contribution < 1.29 is 60.7 Å². The van der Waals surface area contributed by atoms with E-state index < -0.39 is 83.0 Å². The van der Waals surface area contributed by atoms with Crippen molar-refractivity contribution in [3.63, 3.8) is 0 Å². The molecule has 1 N–H and O–H groups in total. The number of nitro groups is 1. The number of benzene rings is 2. The van der Waals surface area contributed by atoms with Crippen LogP contribution in [0.25, 0.3) is 0 Å². The molecule has 0 spiro atoms. The van der Waals surface area contributed by atoms with Crippen LogP contribution in [-0.4, -0.2) is 45.7 Å². The molecule has 2 aliphatic heterocycles. The Hall–Kier alpha value is -3.15. The van der Waals surface area contributed by atoms with Crippen molar-refractivity contribution in [1.29, 1.82) is 0 Å². The van der Waals surface area contributed by atoms with Crippen LogP contribution in [0.3, 0.4) is 0 Å². The molecule has 46 heavy (non-hydrogen) atoms. The maximum absolute atomic E-state index is 12.5. The minimum absolute atomic E-state index is 0.0982. The highest BCUT2D eigenvalue weighted by Gasteiger charge is 2.54. The zero-order chi connectivity index (χ0) is 33.3. The van der Waals surface area contributed by atoms with Crippen LogP contribution in [0.2, 0.25) is 0 Å². The standard InChI is InChI=1S/C24H26N3O16P3/c28-19-10-11-26(24(29)25-19)23-22-21(40-20(41-22)12-15-4-2-1-3-5-15)18(39-23)13-38-45(34,35)43-46(36,37)42-44(32,33)14-16-6-8-17(9-7-16)27(30)31/h1-11,18,20-23H,12-14H2,(H,32,33)(H,34,35)(H,36,37)(H,25,28,29)/p-3/t18-,20?,21?,22+,23-/m1/s1. The number of nitrogens with zero attached hydrogens (tertiary/aromatic N) is 2. The van der Waals surface area contributed by atoms with Gasteiger partial charge in [-0.3, -0.25) is 37.9 Å². The lowest BCUT2D eigenvalue weighted by atomic mass is 10.1. The number of nitrogens with one attached hydrogen (secondary N) is 1. The van der Waals surface area contributed by atoms with Crippen molar-refractivity contribution in [3.8, 4) is 0 Å². The van der Waals surface area contributed by atoms with Gasteiger partial charge in [0, 0.05) is 37.0 Å². The summed E-state index contributed by atoms with van der Waals surface area (Å²) in [5.74, 6) is 0. The quantitative estimate of drug-likeness (QED) is 0.144. The molecule has 3 aromatic rings. The zero-order valence-corrected chi connectivity index (χ0v) is 25.8. The van der Waals surface area contributed by atoms with Crippen molar-refractivity contribution >= 4 is 28.9 Å². The maximum atomic E-state index is 12.5. The molecule has 0 saturated carbocycles. The number of ether oxygens (including phenoxy) is 3. The average Bonchev–Trinajstić information content (AvgIpc) is 3.50. The van der Waals surface area contributed by atoms with Gasteiger partial charge in [-0.2, -0.15) is 0 Å². The summed E-state index contributed by atoms with van der Waals surface area (Å²) in [6.07, 6.45) is -5.19. The lowest BCUT2D eigenvalue weighted by Crippen LogP contribution is -2.36. The third kappa shape index (κ3) is 8.60. The van der Waals surface area contributed by atoms with E-state index >= 15 is 0 Å². The van der Waals surface area contributed by atoms with E-state index in [1.165, 1.54) is 0 Å². The topological polar surface area (TPSA) is 274 Å². The fourth-order valence-corrected chi connectivity index (χ4v) is 8.74. The minimum atomic E-state index is -6.11. The lowest BCUT2D eigenvalue weighted by molar-refractivity contribution is -0.384. The highest BCUT2D eigenvalue weighted by Crippen LogP contribution is 2.63. The first-order valence-electron chi connectivity index (χ1n) is 13.1. The molecule has 22 heteroatoms. The minimum Gasteiger partial charge on any atom is -0.778 e. The maximum Gasteiger partial charge on any atom is 0.330 e. The molecule has 19 nitrogen and oxygen atoms in total. The van der Waals surface area contributed by atoms with Gasteiger partial charge in [0.15, 0.2) is 12.5 Å². The Bertz CT molecular complexity index is 1830. The number of aromatic nitrogens is 2. The lowest BCUT2D eigenvalue weighted by Gasteiger charge is -2.35. The second-order valence-electron chi connectivity index (χ2n) is 9.95. The number of phosphoric ester groups is 1. The summed E-state index contributed by atoms with van der Waals surface area (Å²) in [5, 5.41) is 10.8. The molecule has 2 fully saturated rings. The van der Waals surface area contributed by atoms with E-state index in [1.54, 1.807) is 18.2 Å². The highest BCUT2D eigenvalue weighted by molar-refractivity contribution is 7.66. The summed E-state index contributed by atoms with van der Waals surface area (Å²) < 4.78 is 68.2. The number of nitro benzene ring substituents is 1. The van der Waals surface area contributed by atoms with Gasteiger partial charge in [-0.05, 0) is 11.1 Å². The van der Waals surface area contributed by atoms with Crippen molar-refractivity contribution in [2.24, 2.45) is 0 Å². The Morgan fingerprint density at radius 2 is 1.52 bits per heavy atom. The molecule has 248 valence electrons. The zero-order valence-electron chi connectivity index (χ0n) is 23.1. The molecule has 8 atom stereocenters. The summed E-state index contributed by atoms with van der Waals surface area (Å²) in [4.78, 5) is 73.0. The molecule has 5 unspecified atom stereocenters. The molecule has 1 aromatic heterocycles. The normalized spacial score (nSPS) is 26.5. The SMILES string of the molecule is O=c1ccn([C@@H]2O[C@H](COP(=O)([O-])OP(=O)([O-])OP(=O)([O-])Cc3ccc([N+](=O)[O-])cc3)C3OC(Cc4ccccc4)O[C@@H]32)c(=O)[nH]1. The van der Waals surface area contributed by atoms with E-state index in [9.17, 15) is 48.1 Å². The average molecular weight is 702 g/mol. The molecular formula is C24H23N3O16P3-3. The van der Waals surface area contributed by atoms with Crippen LogP contribution < -0.4 is 25.9 Å². The number of phosphoric acid groups is 2. The van der Waals surface area contributed by atoms with Gasteiger partial charge in [0.1, 0.15) is 25.9 Å². The smallest absolute Gasteiger partial charge is 0.330 e. The Balaban J connectivity index is 1.25. The van der Waals surface area contributed by atoms with Crippen molar-refractivity contribution in [2.45, 2.75) is 43.4 Å². The second kappa shape index (κ2) is 13.5. The summed E-state index contributed by atoms with van der Waals surface area (Å²) in [6, 6.07) is 14.1. The Morgan fingerprint density at radius 1 is 0.848 bits per heavy atom. The van der Waals surface area contributed by atoms with Crippen LogP contribution >= 0.6 is 23.2 Å². The van der Waals surface area contributed by atoms with Gasteiger partial charge in [0.25, 0.3) is 26.9 Å². The molecule has 0 amide bonds. The van der Waals surface area contributed by atoms with Gasteiger partial charge in [-0.25, -0.2) is 9.11 Å². The van der Waals surface area contributed by atoms with Gasteiger partial charge < -0.3 is 38.0 Å². The molecule has 0 radical (unpaired) electrons. The molecule has 2 aliphatic rings. The van der Waals surface area contributed by atoms with Crippen molar-refractivity contribution in [3.05, 3.63) is 109 Å². The summed E-state index contributed by atoms with van der Waals surface area (Å²) in [7, 11) is -17.3. The summed E-state index contributed by atoms with van der Waals surface area (Å²) in [6.45, 7) is -0.935. The third-order valence-electron chi connectivity index (χ3n) is 6.62. The van der Waals surface area contributed by atoms with Crippen molar-refractivity contribution in [1.82, 2.24) is 9.55 Å². The number of aromatic amines is 1.